The van der Waals surface area contributed by atoms with E-state index in [1.54, 1.807) is 18.2 Å². The molecule has 0 saturated carbocycles. The maximum Gasteiger partial charge on any atom is 0.497 e. The van der Waals surface area contributed by atoms with Crippen molar-refractivity contribution >= 4 is 24.2 Å². The first-order valence-corrected chi connectivity index (χ1v) is 25.1. The Labute approximate surface area is 457 Å². The van der Waals surface area contributed by atoms with Gasteiger partial charge in [0.2, 0.25) is 0 Å². The Morgan fingerprint density at radius 1 is 0.392 bits per heavy atom. The summed E-state index contributed by atoms with van der Waals surface area (Å²) >= 11 is 5.93. The minimum absolute atomic E-state index is 0.0328. The topological polar surface area (TPSA) is 95.8 Å². The van der Waals surface area contributed by atoms with E-state index in [0.717, 1.165) is 22.8 Å². The maximum atomic E-state index is 14.8. The summed E-state index contributed by atoms with van der Waals surface area (Å²) < 4.78 is 108. The minimum atomic E-state index is -4.71. The van der Waals surface area contributed by atoms with Crippen molar-refractivity contribution in [1.82, 2.24) is 29.9 Å². The summed E-state index contributed by atoms with van der Waals surface area (Å²) in [4.78, 5) is 27.4. The first kappa shape index (κ1) is 55.3. The number of nitrogens with zero attached hydrogens (tertiary/aromatic N) is 6. The molecule has 1 saturated heterocycles. The molecule has 1 aliphatic heterocycles. The number of hydrogen-bond acceptors (Lipinski definition) is 8. The van der Waals surface area contributed by atoms with E-state index < -0.39 is 53.1 Å². The van der Waals surface area contributed by atoms with Gasteiger partial charge in [-0.15, -0.1) is 0 Å². The molecule has 0 unspecified atom stereocenters. The van der Waals surface area contributed by atoms with E-state index >= 15 is 0 Å². The molecule has 0 spiro atoms. The molecule has 1 fully saturated rings. The Balaban J connectivity index is 0.000000154. The summed E-state index contributed by atoms with van der Waals surface area (Å²) in [6.45, 7) is 9.76. The second kappa shape index (κ2) is 23.3. The molecule has 1 aliphatic rings. The highest BCUT2D eigenvalue weighted by Gasteiger charge is 2.52. The molecule has 10 aromatic rings. The van der Waals surface area contributed by atoms with E-state index in [1.165, 1.54) is 30.3 Å². The zero-order chi connectivity index (χ0) is 56.1. The largest absolute Gasteiger partial charge is 0.497 e. The predicted molar refractivity (Wildman–Crippen MR) is 294 cm³/mol. The standard InChI is InChI=1S/C28H16F5N3.C21H13ClFN3.C13H18BFO2/c29-23-13-11-19(15-21(23)22-16-20(28(31,32)33)12-14-24(22)30)27-35-25(17-7-3-1-4-8-17)34-26(36-27)18-9-5-2-6-10-18;22-17-13-16(11-12-18(17)23)21-25-19(14-7-3-1-4-8-14)24-20(26-21)15-9-5-2-6-10-15;1-9-6-7-11(15)10(8-9)14-16-12(2,3)13(4,5)17-14/h1-16H;1-13H;6-8H,1-5H3. The van der Waals surface area contributed by atoms with E-state index in [1.807, 2.05) is 156 Å². The van der Waals surface area contributed by atoms with Crippen molar-refractivity contribution in [2.75, 3.05) is 0 Å². The van der Waals surface area contributed by atoms with Gasteiger partial charge >= 0.3 is 13.3 Å². The van der Waals surface area contributed by atoms with Crippen LogP contribution in [-0.4, -0.2) is 48.2 Å². The molecule has 396 valence electrons. The van der Waals surface area contributed by atoms with E-state index in [-0.39, 0.29) is 22.2 Å². The molecule has 0 atom stereocenters. The third kappa shape index (κ3) is 13.0. The summed E-state index contributed by atoms with van der Waals surface area (Å²) in [7, 11) is -0.625. The molecule has 0 aliphatic carbocycles. The normalized spacial score (nSPS) is 13.5. The molecule has 8 nitrogen and oxygen atoms in total. The van der Waals surface area contributed by atoms with Crippen molar-refractivity contribution < 1.29 is 40.0 Å². The summed E-state index contributed by atoms with van der Waals surface area (Å²) in [5.74, 6) is -0.195. The van der Waals surface area contributed by atoms with Crippen molar-refractivity contribution in [2.24, 2.45) is 0 Å². The predicted octanol–water partition coefficient (Wildman–Crippen LogP) is 15.9. The number of halogens is 8. The average Bonchev–Trinajstić information content (AvgIpc) is 3.81. The maximum absolute atomic E-state index is 14.8. The van der Waals surface area contributed by atoms with E-state index in [9.17, 15) is 30.7 Å². The third-order valence-corrected chi connectivity index (χ3v) is 13.3. The van der Waals surface area contributed by atoms with Crippen LogP contribution in [0.4, 0.5) is 30.7 Å². The Bertz CT molecular complexity index is 3640. The van der Waals surface area contributed by atoms with Crippen molar-refractivity contribution in [3.8, 4) is 79.5 Å². The summed E-state index contributed by atoms with van der Waals surface area (Å²) in [6.07, 6.45) is -4.71. The smallest absolute Gasteiger partial charge is 0.399 e. The number of benzene rings is 8. The number of hydrogen-bond donors (Lipinski definition) is 0. The summed E-state index contributed by atoms with van der Waals surface area (Å²) in [5.41, 5.74) is 2.78. The molecule has 79 heavy (non-hydrogen) atoms. The zero-order valence-corrected chi connectivity index (χ0v) is 43.8. The van der Waals surface area contributed by atoms with Crippen LogP contribution >= 0.6 is 11.6 Å². The molecule has 17 heteroatoms. The van der Waals surface area contributed by atoms with Gasteiger partial charge in [0.1, 0.15) is 23.3 Å². The van der Waals surface area contributed by atoms with Gasteiger partial charge in [0, 0.05) is 50.0 Å². The van der Waals surface area contributed by atoms with Gasteiger partial charge in [0.25, 0.3) is 0 Å². The highest BCUT2D eigenvalue weighted by Crippen LogP contribution is 2.38. The minimum Gasteiger partial charge on any atom is -0.399 e. The molecule has 0 bridgehead atoms. The number of alkyl halides is 3. The van der Waals surface area contributed by atoms with Gasteiger partial charge < -0.3 is 9.31 Å². The lowest BCUT2D eigenvalue weighted by atomic mass is 9.78. The van der Waals surface area contributed by atoms with E-state index in [0.29, 0.717) is 75.0 Å². The van der Waals surface area contributed by atoms with E-state index in [2.05, 4.69) is 29.9 Å². The quantitative estimate of drug-likeness (QED) is 0.110. The van der Waals surface area contributed by atoms with Gasteiger partial charge in [0.05, 0.1) is 21.8 Å². The van der Waals surface area contributed by atoms with Gasteiger partial charge in [-0.3, -0.25) is 0 Å². The molecule has 0 N–H and O–H groups in total. The molecule has 11 rings (SSSR count). The van der Waals surface area contributed by atoms with Gasteiger partial charge in [-0.25, -0.2) is 47.5 Å². The van der Waals surface area contributed by atoms with Crippen LogP contribution in [0.3, 0.4) is 0 Å². The Hall–Kier alpha value is -8.44. The molecule has 3 heterocycles. The van der Waals surface area contributed by atoms with Crippen LogP contribution in [-0.2, 0) is 15.5 Å². The lowest BCUT2D eigenvalue weighted by Gasteiger charge is -2.32. The summed E-state index contributed by atoms with van der Waals surface area (Å²) in [5, 5.41) is 0.0328. The first-order chi connectivity index (χ1) is 37.7. The molecule has 2 aromatic heterocycles. The molecular formula is C62H47BClF7N6O2. The molecule has 8 aromatic carbocycles. The average molecular weight is 1090 g/mol. The van der Waals surface area contributed by atoms with Gasteiger partial charge in [-0.1, -0.05) is 151 Å². The number of rotatable bonds is 8. The van der Waals surface area contributed by atoms with E-state index in [4.69, 9.17) is 20.9 Å². The Kier molecular flexibility index (Phi) is 16.3. The van der Waals surface area contributed by atoms with Crippen molar-refractivity contribution in [2.45, 2.75) is 52.0 Å². The summed E-state index contributed by atoms with van der Waals surface area (Å²) in [6, 6.07) is 52.6. The van der Waals surface area contributed by atoms with Crippen molar-refractivity contribution in [1.29, 1.82) is 0 Å². The SMILES string of the molecule is Cc1ccc(F)c(B2OC(C)(C)C(C)(C)O2)c1.Fc1ccc(-c2nc(-c3ccccc3)nc(-c3ccccc3)n2)cc1-c1cc(C(F)(F)F)ccc1F.Fc1ccc(-c2nc(-c3ccccc3)nc(-c3ccccc3)n2)cc1Cl. The molecule has 0 amide bonds. The molecular weight excluding hydrogens is 1040 g/mol. The van der Waals surface area contributed by atoms with Crippen molar-refractivity contribution in [3.63, 3.8) is 0 Å². The van der Waals surface area contributed by atoms with Gasteiger partial charge in [-0.2, -0.15) is 13.2 Å². The number of aryl methyl sites for hydroxylation is 1. The van der Waals surface area contributed by atoms with Crippen LogP contribution in [0.2, 0.25) is 5.02 Å². The van der Waals surface area contributed by atoms with Crippen LogP contribution in [0.25, 0.3) is 79.5 Å². The third-order valence-electron chi connectivity index (χ3n) is 13.0. The highest BCUT2D eigenvalue weighted by atomic mass is 35.5. The first-order valence-electron chi connectivity index (χ1n) is 24.7. The fourth-order valence-corrected chi connectivity index (χ4v) is 8.28. The zero-order valence-electron chi connectivity index (χ0n) is 43.1. The Morgan fingerprint density at radius 3 is 1.13 bits per heavy atom. The van der Waals surface area contributed by atoms with Crippen LogP contribution in [0, 0.1) is 30.2 Å². The lowest BCUT2D eigenvalue weighted by molar-refractivity contribution is -0.137. The number of aromatic nitrogens is 6. The second-order valence-electron chi connectivity index (χ2n) is 19.2. The van der Waals surface area contributed by atoms with Crippen LogP contribution in [0.1, 0.15) is 38.8 Å². The van der Waals surface area contributed by atoms with Crippen molar-refractivity contribution in [3.05, 3.63) is 234 Å². The second-order valence-corrected chi connectivity index (χ2v) is 19.6. The monoisotopic (exact) mass is 1090 g/mol. The van der Waals surface area contributed by atoms with Crippen LogP contribution in [0.15, 0.2) is 194 Å². The fourth-order valence-electron chi connectivity index (χ4n) is 8.10. The lowest BCUT2D eigenvalue weighted by Crippen LogP contribution is -2.41. The fraction of sp³-hybridized carbons (Fsp3) is 0.129. The molecule has 0 radical (unpaired) electrons. The Morgan fingerprint density at radius 2 is 0.734 bits per heavy atom. The van der Waals surface area contributed by atoms with Gasteiger partial charge in [0.15, 0.2) is 34.9 Å². The van der Waals surface area contributed by atoms with Gasteiger partial charge in [-0.05, 0) is 95.3 Å². The highest BCUT2D eigenvalue weighted by molar-refractivity contribution is 6.62. The van der Waals surface area contributed by atoms with Crippen LogP contribution < -0.4 is 5.46 Å². The van der Waals surface area contributed by atoms with Crippen LogP contribution in [0.5, 0.6) is 0 Å².